The maximum absolute atomic E-state index is 12.9. The van der Waals surface area contributed by atoms with E-state index < -0.39 is 30.4 Å². The van der Waals surface area contributed by atoms with Crippen LogP contribution >= 0.6 is 0 Å². The fraction of sp³-hybridized carbons (Fsp3) is 0.520. The van der Waals surface area contributed by atoms with E-state index in [-0.39, 0.29) is 25.4 Å². The topological polar surface area (TPSA) is 119 Å². The summed E-state index contributed by atoms with van der Waals surface area (Å²) in [6.07, 6.45) is -0.984. The quantitative estimate of drug-likeness (QED) is 0.270. The SMILES string of the molecule is CCCCOC(O)[C@@H](O)CN(CC(C)C)C(=O)N[C@@H](Cc1ccc2ccccc2c1)C(=O)O. The molecule has 8 nitrogen and oxygen atoms in total. The lowest BCUT2D eigenvalue weighted by molar-refractivity contribution is -0.165. The molecule has 2 aromatic rings. The van der Waals surface area contributed by atoms with Crippen molar-refractivity contribution in [2.24, 2.45) is 5.92 Å². The largest absolute Gasteiger partial charge is 0.480 e. The second kappa shape index (κ2) is 13.1. The van der Waals surface area contributed by atoms with Gasteiger partial charge in [-0.1, -0.05) is 69.7 Å². The zero-order valence-electron chi connectivity index (χ0n) is 19.6. The highest BCUT2D eigenvalue weighted by molar-refractivity contribution is 5.85. The highest BCUT2D eigenvalue weighted by atomic mass is 16.6. The van der Waals surface area contributed by atoms with Gasteiger partial charge in [0.05, 0.1) is 6.54 Å². The minimum atomic E-state index is -1.42. The highest BCUT2D eigenvalue weighted by Crippen LogP contribution is 2.17. The molecule has 0 heterocycles. The number of hydrogen-bond acceptors (Lipinski definition) is 5. The minimum absolute atomic E-state index is 0.0740. The van der Waals surface area contributed by atoms with Gasteiger partial charge in [-0.2, -0.15) is 0 Å². The highest BCUT2D eigenvalue weighted by Gasteiger charge is 2.27. The molecule has 0 saturated heterocycles. The summed E-state index contributed by atoms with van der Waals surface area (Å²) in [6.45, 7) is 6.21. The molecule has 1 unspecified atom stereocenters. The van der Waals surface area contributed by atoms with Crippen LogP contribution in [0.5, 0.6) is 0 Å². The smallest absolute Gasteiger partial charge is 0.326 e. The predicted molar refractivity (Wildman–Crippen MR) is 127 cm³/mol. The first-order valence-electron chi connectivity index (χ1n) is 11.4. The van der Waals surface area contributed by atoms with E-state index in [0.717, 1.165) is 29.2 Å². The first-order chi connectivity index (χ1) is 15.7. The number of aliphatic hydroxyl groups is 2. The fourth-order valence-electron chi connectivity index (χ4n) is 3.50. The summed E-state index contributed by atoms with van der Waals surface area (Å²) in [7, 11) is 0. The number of carbonyl (C=O) groups is 2. The van der Waals surface area contributed by atoms with Gasteiger partial charge < -0.3 is 30.3 Å². The molecule has 2 aromatic carbocycles. The number of aliphatic carboxylic acids is 1. The van der Waals surface area contributed by atoms with Crippen LogP contribution in [0.3, 0.4) is 0 Å². The van der Waals surface area contributed by atoms with E-state index in [1.54, 1.807) is 0 Å². The van der Waals surface area contributed by atoms with Crippen LogP contribution in [0.15, 0.2) is 42.5 Å². The Hall–Kier alpha value is -2.68. The van der Waals surface area contributed by atoms with E-state index in [4.69, 9.17) is 4.74 Å². The zero-order chi connectivity index (χ0) is 24.4. The second-order valence-electron chi connectivity index (χ2n) is 8.71. The lowest BCUT2D eigenvalue weighted by Crippen LogP contribution is -2.52. The molecule has 33 heavy (non-hydrogen) atoms. The summed E-state index contributed by atoms with van der Waals surface area (Å²) >= 11 is 0. The molecule has 0 aliphatic heterocycles. The number of nitrogens with one attached hydrogen (secondary N) is 1. The molecule has 0 aromatic heterocycles. The monoisotopic (exact) mass is 460 g/mol. The Morgan fingerprint density at radius 1 is 1.06 bits per heavy atom. The number of unbranched alkanes of at least 4 members (excludes halogenated alkanes) is 1. The van der Waals surface area contributed by atoms with Crippen molar-refractivity contribution in [3.63, 3.8) is 0 Å². The van der Waals surface area contributed by atoms with Crippen LogP contribution in [-0.4, -0.2) is 70.4 Å². The van der Waals surface area contributed by atoms with E-state index in [9.17, 15) is 24.9 Å². The number of benzene rings is 2. The Labute approximate surface area is 195 Å². The molecule has 8 heteroatoms. The van der Waals surface area contributed by atoms with Crippen molar-refractivity contribution in [3.8, 4) is 0 Å². The Morgan fingerprint density at radius 3 is 2.39 bits per heavy atom. The molecular weight excluding hydrogens is 424 g/mol. The van der Waals surface area contributed by atoms with Crippen LogP contribution in [0.1, 0.15) is 39.2 Å². The van der Waals surface area contributed by atoms with Crippen LogP contribution < -0.4 is 5.32 Å². The van der Waals surface area contributed by atoms with Gasteiger partial charge in [0, 0.05) is 19.6 Å². The fourth-order valence-corrected chi connectivity index (χ4v) is 3.50. The number of ether oxygens (including phenoxy) is 1. The van der Waals surface area contributed by atoms with Crippen molar-refractivity contribution >= 4 is 22.8 Å². The number of hydrogen-bond donors (Lipinski definition) is 4. The number of carbonyl (C=O) groups excluding carboxylic acids is 1. The normalized spacial score (nSPS) is 14.1. The average Bonchev–Trinajstić information content (AvgIpc) is 2.77. The molecule has 182 valence electrons. The van der Waals surface area contributed by atoms with Crippen molar-refractivity contribution in [3.05, 3.63) is 48.0 Å². The Kier molecular flexibility index (Phi) is 10.6. The predicted octanol–water partition coefficient (Wildman–Crippen LogP) is 3.00. The van der Waals surface area contributed by atoms with Gasteiger partial charge in [-0.3, -0.25) is 0 Å². The van der Waals surface area contributed by atoms with Gasteiger partial charge >= 0.3 is 12.0 Å². The van der Waals surface area contributed by atoms with Crippen LogP contribution in [0.25, 0.3) is 10.8 Å². The molecule has 0 aliphatic carbocycles. The number of rotatable bonds is 13. The van der Waals surface area contributed by atoms with Gasteiger partial charge in [0.15, 0.2) is 6.29 Å². The van der Waals surface area contributed by atoms with Crippen LogP contribution in [0.2, 0.25) is 0 Å². The van der Waals surface area contributed by atoms with E-state index in [0.29, 0.717) is 6.61 Å². The maximum Gasteiger partial charge on any atom is 0.326 e. The molecule has 0 bridgehead atoms. The molecule has 2 amide bonds. The number of carboxylic acids is 1. The van der Waals surface area contributed by atoms with Crippen molar-refractivity contribution in [1.82, 2.24) is 10.2 Å². The summed E-state index contributed by atoms with van der Waals surface area (Å²) in [4.78, 5) is 26.1. The summed E-state index contributed by atoms with van der Waals surface area (Å²) in [5, 5.41) is 34.7. The van der Waals surface area contributed by atoms with E-state index in [2.05, 4.69) is 5.32 Å². The van der Waals surface area contributed by atoms with Crippen LogP contribution in [0.4, 0.5) is 4.79 Å². The number of carboxylic acid groups (broad SMARTS) is 1. The Bertz CT molecular complexity index is 903. The zero-order valence-corrected chi connectivity index (χ0v) is 19.6. The van der Waals surface area contributed by atoms with Crippen molar-refractivity contribution < 1.29 is 29.6 Å². The number of amides is 2. The number of nitrogens with zero attached hydrogens (tertiary/aromatic N) is 1. The Morgan fingerprint density at radius 2 is 1.76 bits per heavy atom. The molecule has 0 radical (unpaired) electrons. The third kappa shape index (κ3) is 8.64. The van der Waals surface area contributed by atoms with Crippen molar-refractivity contribution in [2.45, 2.75) is 58.5 Å². The number of fused-ring (bicyclic) bond motifs is 1. The van der Waals surface area contributed by atoms with Crippen molar-refractivity contribution in [1.29, 1.82) is 0 Å². The molecule has 0 fully saturated rings. The number of aliphatic hydroxyl groups excluding tert-OH is 2. The van der Waals surface area contributed by atoms with Gasteiger partial charge in [-0.15, -0.1) is 0 Å². The standard InChI is InChI=1S/C25H36N2O6/c1-4-5-12-33-24(31)22(28)16-27(15-17(2)3)25(32)26-21(23(29)30)14-18-10-11-19-8-6-7-9-20(19)13-18/h6-11,13,17,21-22,24,28,31H,4-5,12,14-16H2,1-3H3,(H,26,32)(H,29,30)/t21-,22-,24?/m0/s1. The maximum atomic E-state index is 12.9. The third-order valence-corrected chi connectivity index (χ3v) is 5.25. The van der Waals surface area contributed by atoms with E-state index >= 15 is 0 Å². The lowest BCUT2D eigenvalue weighted by Gasteiger charge is -2.30. The lowest BCUT2D eigenvalue weighted by atomic mass is 10.0. The van der Waals surface area contributed by atoms with Gasteiger partial charge in [-0.25, -0.2) is 9.59 Å². The van der Waals surface area contributed by atoms with Gasteiger partial charge in [0.2, 0.25) is 0 Å². The average molecular weight is 461 g/mol. The molecule has 3 atom stereocenters. The summed E-state index contributed by atoms with van der Waals surface area (Å²) < 4.78 is 5.22. The first-order valence-corrected chi connectivity index (χ1v) is 11.4. The molecule has 4 N–H and O–H groups in total. The third-order valence-electron chi connectivity index (χ3n) is 5.25. The molecule has 0 saturated carbocycles. The van der Waals surface area contributed by atoms with Gasteiger partial charge in [0.1, 0.15) is 12.1 Å². The summed E-state index contributed by atoms with van der Waals surface area (Å²) in [6, 6.07) is 11.7. The van der Waals surface area contributed by atoms with E-state index in [1.165, 1.54) is 4.90 Å². The van der Waals surface area contributed by atoms with Gasteiger partial charge in [0.25, 0.3) is 0 Å². The molecule has 2 rings (SSSR count). The second-order valence-corrected chi connectivity index (χ2v) is 8.71. The van der Waals surface area contributed by atoms with E-state index in [1.807, 2.05) is 63.2 Å². The van der Waals surface area contributed by atoms with Gasteiger partial charge in [-0.05, 0) is 28.7 Å². The molecular formula is C25H36N2O6. The number of urea groups is 1. The first kappa shape index (κ1) is 26.6. The summed E-state index contributed by atoms with van der Waals surface area (Å²) in [5.74, 6) is -1.07. The molecule has 0 aliphatic rings. The summed E-state index contributed by atoms with van der Waals surface area (Å²) in [5.41, 5.74) is 0.789. The minimum Gasteiger partial charge on any atom is -0.480 e. The van der Waals surface area contributed by atoms with Crippen molar-refractivity contribution in [2.75, 3.05) is 19.7 Å². The molecule has 0 spiro atoms. The van der Waals surface area contributed by atoms with Crippen LogP contribution in [-0.2, 0) is 16.0 Å². The van der Waals surface area contributed by atoms with Crippen LogP contribution in [0, 0.1) is 5.92 Å². The Balaban J connectivity index is 2.07.